The number of rotatable bonds is 2. The maximum atomic E-state index is 12.0. The Morgan fingerprint density at radius 1 is 1.47 bits per heavy atom. The first-order valence-electron chi connectivity index (χ1n) is 5.61. The number of nitrogens with one attached hydrogen (secondary N) is 1. The maximum Gasteiger partial charge on any atom is 0.270 e. The van der Waals surface area contributed by atoms with Gasteiger partial charge in [-0.3, -0.25) is 4.79 Å². The van der Waals surface area contributed by atoms with Gasteiger partial charge in [-0.1, -0.05) is 0 Å². The first-order valence-corrected chi connectivity index (χ1v) is 6.40. The minimum absolute atomic E-state index is 0.123. The fourth-order valence-corrected chi connectivity index (χ4v) is 2.03. The van der Waals surface area contributed by atoms with Gasteiger partial charge in [-0.2, -0.15) is 0 Å². The van der Waals surface area contributed by atoms with Crippen molar-refractivity contribution in [3.8, 4) is 0 Å². The average Bonchev–Trinajstić information content (AvgIpc) is 2.30. The van der Waals surface area contributed by atoms with Crippen LogP contribution in [0.15, 0.2) is 22.8 Å². The van der Waals surface area contributed by atoms with Crippen molar-refractivity contribution in [2.45, 2.75) is 25.3 Å². The summed E-state index contributed by atoms with van der Waals surface area (Å²) < 4.78 is 6.16. The number of carbonyl (C=O) groups is 1. The summed E-state index contributed by atoms with van der Waals surface area (Å²) in [6.45, 7) is 3.45. The lowest BCUT2D eigenvalue weighted by atomic mass is 9.92. The highest BCUT2D eigenvalue weighted by Crippen LogP contribution is 2.20. The molecule has 92 valence electrons. The normalized spacial score (nSPS) is 18.7. The number of halogens is 1. The molecule has 0 atom stereocenters. The second-order valence-electron chi connectivity index (χ2n) is 4.49. The molecule has 1 amide bonds. The lowest BCUT2D eigenvalue weighted by molar-refractivity contribution is 0.0421. The molecular weight excluding hydrogens is 284 g/mol. The van der Waals surface area contributed by atoms with Gasteiger partial charge in [0.2, 0.25) is 0 Å². The number of ether oxygens (including phenoxy) is 1. The number of amides is 1. The van der Waals surface area contributed by atoms with Crippen LogP contribution in [0.25, 0.3) is 0 Å². The van der Waals surface area contributed by atoms with E-state index >= 15 is 0 Å². The van der Waals surface area contributed by atoms with Gasteiger partial charge in [0.05, 0.1) is 0 Å². The molecule has 2 rings (SSSR count). The molecule has 4 nitrogen and oxygen atoms in total. The maximum absolute atomic E-state index is 12.0. The second-order valence-corrected chi connectivity index (χ2v) is 5.40. The summed E-state index contributed by atoms with van der Waals surface area (Å²) in [5.41, 5.74) is 0.269. The predicted octanol–water partition coefficient (Wildman–Crippen LogP) is 2.14. The summed E-state index contributed by atoms with van der Waals surface area (Å²) in [6.07, 6.45) is 3.31. The molecule has 1 aliphatic rings. The Morgan fingerprint density at radius 2 is 2.18 bits per heavy atom. The standard InChI is InChI=1S/C12H15BrN2O2/c1-12(4-6-17-7-5-12)15-11(16)10-3-2-9(13)8-14-10/h2-3,8H,4-7H2,1H3,(H,15,16). The molecule has 0 unspecified atom stereocenters. The number of nitrogens with zero attached hydrogens (tertiary/aromatic N) is 1. The van der Waals surface area contributed by atoms with E-state index in [0.717, 1.165) is 17.3 Å². The molecule has 0 radical (unpaired) electrons. The first-order chi connectivity index (χ1) is 8.09. The van der Waals surface area contributed by atoms with E-state index in [1.54, 1.807) is 12.3 Å². The van der Waals surface area contributed by atoms with Crippen LogP contribution in [0.2, 0.25) is 0 Å². The smallest absolute Gasteiger partial charge is 0.270 e. The fourth-order valence-electron chi connectivity index (χ4n) is 1.80. The van der Waals surface area contributed by atoms with Crippen LogP contribution in [0.3, 0.4) is 0 Å². The zero-order valence-electron chi connectivity index (χ0n) is 9.70. The topological polar surface area (TPSA) is 51.2 Å². The molecule has 1 aromatic heterocycles. The van der Waals surface area contributed by atoms with Crippen molar-refractivity contribution in [3.05, 3.63) is 28.5 Å². The van der Waals surface area contributed by atoms with Crippen molar-refractivity contribution < 1.29 is 9.53 Å². The van der Waals surface area contributed by atoms with Crippen LogP contribution in [-0.4, -0.2) is 29.6 Å². The van der Waals surface area contributed by atoms with E-state index in [9.17, 15) is 4.79 Å². The zero-order chi connectivity index (χ0) is 12.3. The SMILES string of the molecule is CC1(NC(=O)c2ccc(Br)cn2)CCOCC1. The predicted molar refractivity (Wildman–Crippen MR) is 67.9 cm³/mol. The molecular formula is C12H15BrN2O2. The Kier molecular flexibility index (Phi) is 3.79. The first kappa shape index (κ1) is 12.5. The molecule has 1 fully saturated rings. The van der Waals surface area contributed by atoms with Crippen LogP contribution in [0, 0.1) is 0 Å². The Hall–Kier alpha value is -0.940. The quantitative estimate of drug-likeness (QED) is 0.910. The fraction of sp³-hybridized carbons (Fsp3) is 0.500. The van der Waals surface area contributed by atoms with E-state index in [2.05, 4.69) is 26.2 Å². The van der Waals surface area contributed by atoms with E-state index in [0.29, 0.717) is 18.9 Å². The Labute approximate surface area is 109 Å². The summed E-state index contributed by atoms with van der Waals surface area (Å²) in [5.74, 6) is -0.123. The van der Waals surface area contributed by atoms with E-state index in [4.69, 9.17) is 4.74 Å². The second kappa shape index (κ2) is 5.14. The molecule has 0 bridgehead atoms. The summed E-state index contributed by atoms with van der Waals surface area (Å²) in [5, 5.41) is 3.03. The summed E-state index contributed by atoms with van der Waals surface area (Å²) >= 11 is 3.29. The van der Waals surface area contributed by atoms with Gasteiger partial charge in [-0.25, -0.2) is 4.98 Å². The lowest BCUT2D eigenvalue weighted by Gasteiger charge is -2.34. The van der Waals surface area contributed by atoms with Crippen LogP contribution in [0.1, 0.15) is 30.3 Å². The number of pyridine rings is 1. The number of carbonyl (C=O) groups excluding carboxylic acids is 1. The number of hydrogen-bond donors (Lipinski definition) is 1. The molecule has 1 N–H and O–H groups in total. The Bertz CT molecular complexity index is 399. The molecule has 0 saturated carbocycles. The van der Waals surface area contributed by atoms with Crippen LogP contribution in [0.5, 0.6) is 0 Å². The van der Waals surface area contributed by atoms with Crippen molar-refractivity contribution >= 4 is 21.8 Å². The molecule has 0 aliphatic carbocycles. The molecule has 1 aliphatic heterocycles. The number of hydrogen-bond acceptors (Lipinski definition) is 3. The van der Waals surface area contributed by atoms with E-state index in [1.165, 1.54) is 0 Å². The largest absolute Gasteiger partial charge is 0.381 e. The van der Waals surface area contributed by atoms with Crippen molar-refractivity contribution in [3.63, 3.8) is 0 Å². The van der Waals surface area contributed by atoms with Gasteiger partial charge in [0, 0.05) is 29.4 Å². The highest BCUT2D eigenvalue weighted by molar-refractivity contribution is 9.10. The lowest BCUT2D eigenvalue weighted by Crippen LogP contribution is -2.49. The van der Waals surface area contributed by atoms with Crippen molar-refractivity contribution in [1.82, 2.24) is 10.3 Å². The zero-order valence-corrected chi connectivity index (χ0v) is 11.3. The third kappa shape index (κ3) is 3.26. The van der Waals surface area contributed by atoms with Crippen LogP contribution < -0.4 is 5.32 Å². The third-order valence-corrected chi connectivity index (χ3v) is 3.44. The molecule has 5 heteroatoms. The van der Waals surface area contributed by atoms with Gasteiger partial charge in [0.1, 0.15) is 5.69 Å². The van der Waals surface area contributed by atoms with Crippen molar-refractivity contribution in [2.75, 3.05) is 13.2 Å². The monoisotopic (exact) mass is 298 g/mol. The van der Waals surface area contributed by atoms with E-state index in [-0.39, 0.29) is 11.4 Å². The molecule has 17 heavy (non-hydrogen) atoms. The molecule has 2 heterocycles. The van der Waals surface area contributed by atoms with Crippen molar-refractivity contribution in [2.24, 2.45) is 0 Å². The van der Waals surface area contributed by atoms with Crippen LogP contribution in [-0.2, 0) is 4.74 Å². The minimum Gasteiger partial charge on any atom is -0.381 e. The minimum atomic E-state index is -0.177. The third-order valence-electron chi connectivity index (χ3n) is 2.97. The van der Waals surface area contributed by atoms with E-state index < -0.39 is 0 Å². The number of aromatic nitrogens is 1. The van der Waals surface area contributed by atoms with Gasteiger partial charge in [-0.05, 0) is 47.8 Å². The molecule has 1 saturated heterocycles. The summed E-state index contributed by atoms with van der Waals surface area (Å²) in [4.78, 5) is 16.1. The highest BCUT2D eigenvalue weighted by atomic mass is 79.9. The van der Waals surface area contributed by atoms with Crippen LogP contribution >= 0.6 is 15.9 Å². The Morgan fingerprint density at radius 3 is 2.76 bits per heavy atom. The summed E-state index contributed by atoms with van der Waals surface area (Å²) in [6, 6.07) is 3.52. The van der Waals surface area contributed by atoms with Gasteiger partial charge < -0.3 is 10.1 Å². The van der Waals surface area contributed by atoms with Gasteiger partial charge >= 0.3 is 0 Å². The van der Waals surface area contributed by atoms with Gasteiger partial charge in [0.15, 0.2) is 0 Å². The summed E-state index contributed by atoms with van der Waals surface area (Å²) in [7, 11) is 0. The molecule has 1 aromatic rings. The Balaban J connectivity index is 2.03. The average molecular weight is 299 g/mol. The van der Waals surface area contributed by atoms with Gasteiger partial charge in [-0.15, -0.1) is 0 Å². The van der Waals surface area contributed by atoms with Crippen LogP contribution in [0.4, 0.5) is 0 Å². The molecule has 0 spiro atoms. The van der Waals surface area contributed by atoms with Crippen molar-refractivity contribution in [1.29, 1.82) is 0 Å². The van der Waals surface area contributed by atoms with E-state index in [1.807, 2.05) is 13.0 Å². The van der Waals surface area contributed by atoms with Gasteiger partial charge in [0.25, 0.3) is 5.91 Å². The molecule has 0 aromatic carbocycles. The highest BCUT2D eigenvalue weighted by Gasteiger charge is 2.29.